The van der Waals surface area contributed by atoms with Gasteiger partial charge in [-0.05, 0) is 30.2 Å². The molecule has 6 heteroatoms. The van der Waals surface area contributed by atoms with Crippen LogP contribution in [-0.2, 0) is 9.84 Å². The van der Waals surface area contributed by atoms with E-state index in [2.05, 4.69) is 15.9 Å². The molecule has 0 radical (unpaired) electrons. The Hall–Kier alpha value is -0.490. The predicted molar refractivity (Wildman–Crippen MR) is 63.9 cm³/mol. The van der Waals surface area contributed by atoms with E-state index in [-0.39, 0.29) is 23.5 Å². The SMILES string of the molecule is O=S(=O)(CC1CC(F)(F)C1)c1ccc(Br)cc1. The molecule has 1 saturated carbocycles. The Kier molecular flexibility index (Phi) is 3.29. The van der Waals surface area contributed by atoms with E-state index in [9.17, 15) is 17.2 Å². The number of sulfone groups is 1. The first kappa shape index (κ1) is 13.0. The van der Waals surface area contributed by atoms with E-state index in [1.165, 1.54) is 12.1 Å². The molecule has 1 aromatic rings. The summed E-state index contributed by atoms with van der Waals surface area (Å²) in [4.78, 5) is 0.191. The zero-order valence-corrected chi connectivity index (χ0v) is 11.3. The first-order valence-electron chi connectivity index (χ1n) is 5.15. The Balaban J connectivity index is 2.07. The molecular weight excluding hydrogens is 314 g/mol. The largest absolute Gasteiger partial charge is 0.248 e. The minimum Gasteiger partial charge on any atom is -0.224 e. The van der Waals surface area contributed by atoms with Gasteiger partial charge in [0, 0.05) is 17.3 Å². The predicted octanol–water partition coefficient (Wildman–Crippen LogP) is 3.27. The molecule has 0 saturated heterocycles. The monoisotopic (exact) mass is 324 g/mol. The van der Waals surface area contributed by atoms with Crippen molar-refractivity contribution in [3.05, 3.63) is 28.7 Å². The van der Waals surface area contributed by atoms with Crippen molar-refractivity contribution in [3.8, 4) is 0 Å². The number of hydrogen-bond donors (Lipinski definition) is 0. The Bertz CT molecular complexity index is 503. The molecule has 1 aliphatic carbocycles. The molecule has 0 bridgehead atoms. The summed E-state index contributed by atoms with van der Waals surface area (Å²) in [6.45, 7) is 0. The van der Waals surface area contributed by atoms with Gasteiger partial charge in [0.1, 0.15) is 0 Å². The van der Waals surface area contributed by atoms with Crippen LogP contribution in [0.3, 0.4) is 0 Å². The second-order valence-corrected chi connectivity index (χ2v) is 7.32. The van der Waals surface area contributed by atoms with E-state index >= 15 is 0 Å². The van der Waals surface area contributed by atoms with Crippen LogP contribution >= 0.6 is 15.9 Å². The summed E-state index contributed by atoms with van der Waals surface area (Å²) in [7, 11) is -3.44. The van der Waals surface area contributed by atoms with Crippen LogP contribution in [0.1, 0.15) is 12.8 Å². The van der Waals surface area contributed by atoms with Crippen LogP contribution < -0.4 is 0 Å². The van der Waals surface area contributed by atoms with Gasteiger partial charge in [0.25, 0.3) is 0 Å². The van der Waals surface area contributed by atoms with E-state index in [1.54, 1.807) is 12.1 Å². The van der Waals surface area contributed by atoms with E-state index in [0.717, 1.165) is 4.47 Å². The van der Waals surface area contributed by atoms with Gasteiger partial charge in [-0.2, -0.15) is 0 Å². The topological polar surface area (TPSA) is 34.1 Å². The van der Waals surface area contributed by atoms with Crippen molar-refractivity contribution in [3.63, 3.8) is 0 Å². The molecule has 2 rings (SSSR count). The first-order chi connectivity index (χ1) is 7.78. The lowest BCUT2D eigenvalue weighted by molar-refractivity contribution is -0.103. The second kappa shape index (κ2) is 4.31. The Labute approximate surface area is 107 Å². The van der Waals surface area contributed by atoms with Gasteiger partial charge in [0.15, 0.2) is 9.84 Å². The summed E-state index contributed by atoms with van der Waals surface area (Å²) < 4.78 is 49.8. The Morgan fingerprint density at radius 2 is 1.76 bits per heavy atom. The zero-order chi connectivity index (χ0) is 12.7. The molecule has 0 aliphatic heterocycles. The molecular formula is C11H11BrF2O2S. The van der Waals surface area contributed by atoms with Crippen LogP contribution in [0.2, 0.25) is 0 Å². The molecule has 0 heterocycles. The third-order valence-electron chi connectivity index (χ3n) is 2.80. The summed E-state index contributed by atoms with van der Waals surface area (Å²) in [5.74, 6) is -3.27. The van der Waals surface area contributed by atoms with Crippen molar-refractivity contribution in [2.75, 3.05) is 5.75 Å². The van der Waals surface area contributed by atoms with Crippen LogP contribution in [0.15, 0.2) is 33.6 Å². The van der Waals surface area contributed by atoms with Gasteiger partial charge in [0.05, 0.1) is 10.6 Å². The lowest BCUT2D eigenvalue weighted by Gasteiger charge is -2.34. The second-order valence-electron chi connectivity index (χ2n) is 4.37. The van der Waals surface area contributed by atoms with Crippen molar-refractivity contribution in [1.29, 1.82) is 0 Å². The van der Waals surface area contributed by atoms with Crippen LogP contribution in [0.25, 0.3) is 0 Å². The summed E-state index contributed by atoms with van der Waals surface area (Å²) in [5, 5.41) is 0. The van der Waals surface area contributed by atoms with E-state index in [0.29, 0.717) is 0 Å². The van der Waals surface area contributed by atoms with Crippen LogP contribution in [0.5, 0.6) is 0 Å². The van der Waals surface area contributed by atoms with Crippen molar-refractivity contribution in [2.45, 2.75) is 23.7 Å². The maximum absolute atomic E-state index is 12.6. The van der Waals surface area contributed by atoms with Gasteiger partial charge in [-0.3, -0.25) is 0 Å². The maximum Gasteiger partial charge on any atom is 0.248 e. The smallest absolute Gasteiger partial charge is 0.224 e. The molecule has 1 fully saturated rings. The Morgan fingerprint density at radius 3 is 2.24 bits per heavy atom. The summed E-state index contributed by atoms with van der Waals surface area (Å²) in [6.07, 6.45) is -0.633. The molecule has 0 N–H and O–H groups in total. The molecule has 0 amide bonds. The summed E-state index contributed by atoms with van der Waals surface area (Å²) in [6, 6.07) is 6.22. The van der Waals surface area contributed by atoms with E-state index in [4.69, 9.17) is 0 Å². The maximum atomic E-state index is 12.6. The highest BCUT2D eigenvalue weighted by Crippen LogP contribution is 2.43. The molecule has 17 heavy (non-hydrogen) atoms. The van der Waals surface area contributed by atoms with Crippen molar-refractivity contribution >= 4 is 25.8 Å². The van der Waals surface area contributed by atoms with Crippen LogP contribution in [0.4, 0.5) is 8.78 Å². The van der Waals surface area contributed by atoms with Gasteiger partial charge < -0.3 is 0 Å². The third-order valence-corrected chi connectivity index (χ3v) is 5.23. The third kappa shape index (κ3) is 3.04. The minimum atomic E-state index is -3.44. The molecule has 0 unspecified atom stereocenters. The first-order valence-corrected chi connectivity index (χ1v) is 7.59. The van der Waals surface area contributed by atoms with Gasteiger partial charge >= 0.3 is 0 Å². The number of rotatable bonds is 3. The highest BCUT2D eigenvalue weighted by atomic mass is 79.9. The molecule has 2 nitrogen and oxygen atoms in total. The molecule has 0 aromatic heterocycles. The molecule has 94 valence electrons. The zero-order valence-electron chi connectivity index (χ0n) is 8.87. The van der Waals surface area contributed by atoms with Crippen LogP contribution in [0, 0.1) is 5.92 Å². The fraction of sp³-hybridized carbons (Fsp3) is 0.455. The van der Waals surface area contributed by atoms with Crippen molar-refractivity contribution < 1.29 is 17.2 Å². The summed E-state index contributed by atoms with van der Waals surface area (Å²) >= 11 is 3.21. The van der Waals surface area contributed by atoms with E-state index < -0.39 is 21.7 Å². The average Bonchev–Trinajstić information content (AvgIpc) is 2.14. The van der Waals surface area contributed by atoms with Gasteiger partial charge in [0.2, 0.25) is 5.92 Å². The van der Waals surface area contributed by atoms with Crippen molar-refractivity contribution in [2.24, 2.45) is 5.92 Å². The highest BCUT2D eigenvalue weighted by molar-refractivity contribution is 9.10. The normalized spacial score (nSPS) is 19.9. The fourth-order valence-corrected chi connectivity index (χ4v) is 3.82. The van der Waals surface area contributed by atoms with Crippen LogP contribution in [-0.4, -0.2) is 20.1 Å². The Morgan fingerprint density at radius 1 is 1.24 bits per heavy atom. The lowest BCUT2D eigenvalue weighted by Crippen LogP contribution is -2.39. The lowest BCUT2D eigenvalue weighted by atomic mass is 9.83. The number of benzene rings is 1. The number of halogens is 3. The molecule has 1 aliphatic rings. The quantitative estimate of drug-likeness (QED) is 0.855. The summed E-state index contributed by atoms with van der Waals surface area (Å²) in [5.41, 5.74) is 0. The van der Waals surface area contributed by atoms with Gasteiger partial charge in [-0.25, -0.2) is 17.2 Å². The minimum absolute atomic E-state index is 0.190. The fourth-order valence-electron chi connectivity index (χ4n) is 1.95. The number of hydrogen-bond acceptors (Lipinski definition) is 2. The molecule has 0 atom stereocenters. The highest BCUT2D eigenvalue weighted by Gasteiger charge is 2.46. The van der Waals surface area contributed by atoms with Gasteiger partial charge in [-0.15, -0.1) is 0 Å². The number of alkyl halides is 2. The molecule has 0 spiro atoms. The van der Waals surface area contributed by atoms with E-state index in [1.807, 2.05) is 0 Å². The molecule has 1 aromatic carbocycles. The van der Waals surface area contributed by atoms with Crippen molar-refractivity contribution in [1.82, 2.24) is 0 Å². The average molecular weight is 325 g/mol. The van der Waals surface area contributed by atoms with Gasteiger partial charge in [-0.1, -0.05) is 15.9 Å². The standard InChI is InChI=1S/C11H11BrF2O2S/c12-9-1-3-10(4-2-9)17(15,16)7-8-5-11(13,14)6-8/h1-4,8H,5-7H2.